The fourth-order valence-electron chi connectivity index (χ4n) is 4.70. The van der Waals surface area contributed by atoms with Crippen LogP contribution in [0.4, 0.5) is 11.4 Å². The van der Waals surface area contributed by atoms with Crippen molar-refractivity contribution in [2.24, 2.45) is 5.92 Å². The number of carbonyl (C=O) groups is 3. The van der Waals surface area contributed by atoms with E-state index >= 15 is 0 Å². The van der Waals surface area contributed by atoms with Crippen molar-refractivity contribution in [1.82, 2.24) is 4.90 Å². The van der Waals surface area contributed by atoms with Crippen LogP contribution < -0.4 is 10.2 Å². The zero-order valence-corrected chi connectivity index (χ0v) is 19.2. The molecular weight excluding hydrogens is 418 g/mol. The molecule has 7 heteroatoms. The van der Waals surface area contributed by atoms with Crippen molar-refractivity contribution in [2.75, 3.05) is 29.9 Å². The van der Waals surface area contributed by atoms with Gasteiger partial charge in [-0.05, 0) is 68.0 Å². The highest BCUT2D eigenvalue weighted by molar-refractivity contribution is 6.45. The molecule has 2 aliphatic rings. The van der Waals surface area contributed by atoms with E-state index in [9.17, 15) is 19.5 Å². The highest BCUT2D eigenvalue weighted by Crippen LogP contribution is 2.38. The van der Waals surface area contributed by atoms with Gasteiger partial charge in [0.2, 0.25) is 5.91 Å². The highest BCUT2D eigenvalue weighted by Gasteiger charge is 2.43. The molecule has 0 spiro atoms. The number of nitrogens with one attached hydrogen (secondary N) is 1. The Bertz CT molecular complexity index is 1140. The summed E-state index contributed by atoms with van der Waals surface area (Å²) in [4.78, 5) is 41.9. The Morgan fingerprint density at radius 3 is 2.45 bits per heavy atom. The Kier molecular flexibility index (Phi) is 6.33. The van der Waals surface area contributed by atoms with Crippen molar-refractivity contribution in [3.8, 4) is 0 Å². The molecule has 3 amide bonds. The first kappa shape index (κ1) is 22.7. The average molecular weight is 448 g/mol. The first-order valence-corrected chi connectivity index (χ1v) is 11.2. The third-order valence-corrected chi connectivity index (χ3v) is 6.25. The number of carbonyl (C=O) groups excluding carboxylic acids is 3. The lowest BCUT2D eigenvalue weighted by atomic mass is 9.95. The molecule has 2 aromatic rings. The van der Waals surface area contributed by atoms with E-state index in [-0.39, 0.29) is 30.2 Å². The molecule has 1 atom stereocenters. The van der Waals surface area contributed by atoms with Crippen LogP contribution in [0.3, 0.4) is 0 Å². The molecule has 7 nitrogen and oxygen atoms in total. The maximum atomic E-state index is 13.7. The Labute approximate surface area is 193 Å². The van der Waals surface area contributed by atoms with Crippen LogP contribution in [0.25, 0.3) is 5.57 Å². The van der Waals surface area contributed by atoms with Gasteiger partial charge in [-0.15, -0.1) is 0 Å². The van der Waals surface area contributed by atoms with Gasteiger partial charge in [0.05, 0.1) is 11.3 Å². The summed E-state index contributed by atoms with van der Waals surface area (Å²) in [5.74, 6) is -0.845. The first-order chi connectivity index (χ1) is 15.8. The van der Waals surface area contributed by atoms with Gasteiger partial charge in [-0.25, -0.2) is 4.90 Å². The van der Waals surface area contributed by atoms with Crippen LogP contribution in [0.5, 0.6) is 0 Å². The SMILES string of the molecule is CC(=O)Nc1ccc(N2C(=O)C(c3ccc(C)cc3C)=C(N3CCCC(CO)C3)C2=O)cc1. The Morgan fingerprint density at radius 1 is 1.09 bits per heavy atom. The van der Waals surface area contributed by atoms with E-state index in [1.807, 2.05) is 36.9 Å². The molecule has 4 rings (SSSR count). The molecule has 0 radical (unpaired) electrons. The number of nitrogens with zero attached hydrogens (tertiary/aromatic N) is 2. The summed E-state index contributed by atoms with van der Waals surface area (Å²) in [6.07, 6.45) is 1.75. The monoisotopic (exact) mass is 447 g/mol. The predicted molar refractivity (Wildman–Crippen MR) is 127 cm³/mol. The van der Waals surface area contributed by atoms with Crippen molar-refractivity contribution in [3.63, 3.8) is 0 Å². The molecule has 2 aromatic carbocycles. The molecule has 2 heterocycles. The van der Waals surface area contributed by atoms with Gasteiger partial charge in [-0.1, -0.05) is 23.8 Å². The highest BCUT2D eigenvalue weighted by atomic mass is 16.3. The number of piperidine rings is 1. The van der Waals surface area contributed by atoms with Crippen molar-refractivity contribution in [2.45, 2.75) is 33.6 Å². The van der Waals surface area contributed by atoms with Crippen LogP contribution in [-0.2, 0) is 14.4 Å². The summed E-state index contributed by atoms with van der Waals surface area (Å²) >= 11 is 0. The molecule has 0 aromatic heterocycles. The summed E-state index contributed by atoms with van der Waals surface area (Å²) in [5, 5.41) is 12.4. The second-order valence-corrected chi connectivity index (χ2v) is 8.85. The third-order valence-electron chi connectivity index (χ3n) is 6.25. The maximum absolute atomic E-state index is 13.7. The quantitative estimate of drug-likeness (QED) is 0.687. The van der Waals surface area contributed by atoms with Crippen LogP contribution in [0.15, 0.2) is 48.2 Å². The van der Waals surface area contributed by atoms with E-state index in [4.69, 9.17) is 0 Å². The van der Waals surface area contributed by atoms with E-state index in [0.717, 1.165) is 29.5 Å². The Morgan fingerprint density at radius 2 is 1.82 bits per heavy atom. The molecule has 0 bridgehead atoms. The van der Waals surface area contributed by atoms with Gasteiger partial charge in [0.1, 0.15) is 5.70 Å². The molecule has 1 fully saturated rings. The number of aryl methyl sites for hydroxylation is 2. The summed E-state index contributed by atoms with van der Waals surface area (Å²) in [5.41, 5.74) is 4.61. The molecule has 172 valence electrons. The summed E-state index contributed by atoms with van der Waals surface area (Å²) < 4.78 is 0. The number of likely N-dealkylation sites (tertiary alicyclic amines) is 1. The van der Waals surface area contributed by atoms with E-state index < -0.39 is 0 Å². The van der Waals surface area contributed by atoms with Gasteiger partial charge in [0.15, 0.2) is 0 Å². The van der Waals surface area contributed by atoms with Gasteiger partial charge < -0.3 is 15.3 Å². The second-order valence-electron chi connectivity index (χ2n) is 8.85. The largest absolute Gasteiger partial charge is 0.396 e. The topological polar surface area (TPSA) is 90.0 Å². The van der Waals surface area contributed by atoms with Crippen LogP contribution in [-0.4, -0.2) is 47.4 Å². The van der Waals surface area contributed by atoms with Gasteiger partial charge in [-0.3, -0.25) is 14.4 Å². The molecule has 1 saturated heterocycles. The zero-order chi connectivity index (χ0) is 23.7. The van der Waals surface area contributed by atoms with Gasteiger partial charge in [0.25, 0.3) is 11.8 Å². The number of aliphatic hydroxyl groups is 1. The van der Waals surface area contributed by atoms with Crippen LogP contribution >= 0.6 is 0 Å². The van der Waals surface area contributed by atoms with E-state index in [0.29, 0.717) is 35.7 Å². The average Bonchev–Trinajstić information content (AvgIpc) is 3.04. The number of imide groups is 1. The summed E-state index contributed by atoms with van der Waals surface area (Å²) in [7, 11) is 0. The lowest BCUT2D eigenvalue weighted by Gasteiger charge is -2.34. The molecule has 33 heavy (non-hydrogen) atoms. The number of rotatable bonds is 5. The Balaban J connectivity index is 1.78. The lowest BCUT2D eigenvalue weighted by molar-refractivity contribution is -0.121. The van der Waals surface area contributed by atoms with E-state index in [2.05, 4.69) is 5.32 Å². The number of anilines is 2. The molecule has 0 saturated carbocycles. The van der Waals surface area contributed by atoms with E-state index in [1.54, 1.807) is 24.3 Å². The normalized spacial score (nSPS) is 18.8. The fraction of sp³-hybridized carbons (Fsp3) is 0.346. The van der Waals surface area contributed by atoms with Crippen molar-refractivity contribution < 1.29 is 19.5 Å². The first-order valence-electron chi connectivity index (χ1n) is 11.2. The number of amides is 3. The molecule has 2 aliphatic heterocycles. The minimum Gasteiger partial charge on any atom is -0.396 e. The Hall–Kier alpha value is -3.45. The van der Waals surface area contributed by atoms with Crippen molar-refractivity contribution in [1.29, 1.82) is 0 Å². The molecule has 1 unspecified atom stereocenters. The van der Waals surface area contributed by atoms with E-state index in [1.165, 1.54) is 11.8 Å². The third kappa shape index (κ3) is 4.41. The minimum absolute atomic E-state index is 0.0547. The fourth-order valence-corrected chi connectivity index (χ4v) is 4.70. The number of aliphatic hydroxyl groups excluding tert-OH is 1. The minimum atomic E-state index is -0.361. The maximum Gasteiger partial charge on any atom is 0.282 e. The molecule has 0 aliphatic carbocycles. The summed E-state index contributed by atoms with van der Waals surface area (Å²) in [6, 6.07) is 12.5. The predicted octanol–water partition coefficient (Wildman–Crippen LogP) is 3.25. The second kappa shape index (κ2) is 9.19. The number of hydrogen-bond acceptors (Lipinski definition) is 5. The van der Waals surface area contributed by atoms with Crippen molar-refractivity contribution in [3.05, 3.63) is 64.9 Å². The van der Waals surface area contributed by atoms with Gasteiger partial charge in [-0.2, -0.15) is 0 Å². The van der Waals surface area contributed by atoms with Gasteiger partial charge >= 0.3 is 0 Å². The summed E-state index contributed by atoms with van der Waals surface area (Å²) in [6.45, 7) is 6.61. The standard InChI is InChI=1S/C26H29N3O4/c1-16-6-11-22(17(2)13-16)23-24(28-12-4-5-19(14-28)15-30)26(33)29(25(23)32)21-9-7-20(8-10-21)27-18(3)31/h6-11,13,19,30H,4-5,12,14-15H2,1-3H3,(H,27,31). The smallest absolute Gasteiger partial charge is 0.282 e. The number of benzene rings is 2. The zero-order valence-electron chi connectivity index (χ0n) is 19.2. The van der Waals surface area contributed by atoms with Crippen LogP contribution in [0, 0.1) is 19.8 Å². The molecule has 2 N–H and O–H groups in total. The number of hydrogen-bond donors (Lipinski definition) is 2. The van der Waals surface area contributed by atoms with Crippen molar-refractivity contribution >= 4 is 34.7 Å². The molecular formula is C26H29N3O4. The van der Waals surface area contributed by atoms with Crippen LogP contribution in [0.2, 0.25) is 0 Å². The lowest BCUT2D eigenvalue weighted by Crippen LogP contribution is -2.40. The van der Waals surface area contributed by atoms with Gasteiger partial charge in [0, 0.05) is 32.3 Å². The van der Waals surface area contributed by atoms with Crippen LogP contribution in [0.1, 0.15) is 36.5 Å².